The van der Waals surface area contributed by atoms with Crippen molar-refractivity contribution in [3.8, 4) is 0 Å². The van der Waals surface area contributed by atoms with Crippen LogP contribution in [-0.4, -0.2) is 35.5 Å². The summed E-state index contributed by atoms with van der Waals surface area (Å²) in [4.78, 5) is 0. The van der Waals surface area contributed by atoms with Crippen LogP contribution in [0.3, 0.4) is 0 Å². The molecule has 5 heteroatoms. The van der Waals surface area contributed by atoms with E-state index in [2.05, 4.69) is 8.92 Å². The molecule has 0 heterocycles. The average Bonchev–Trinajstić information content (AvgIpc) is 1.63. The second kappa shape index (κ2) is 6.98. The fraction of sp³-hybridized carbons (Fsp3) is 1.00. The van der Waals surface area contributed by atoms with Gasteiger partial charge >= 0.3 is 0 Å². The molecular weight excluding hydrogens is 156 g/mol. The van der Waals surface area contributed by atoms with E-state index in [1.54, 1.807) is 21.1 Å². The monoisotopic (exact) mass is 170 g/mol. The molecule has 0 saturated carbocycles. The van der Waals surface area contributed by atoms with Gasteiger partial charge in [0.2, 0.25) is 0 Å². The van der Waals surface area contributed by atoms with Crippen molar-refractivity contribution >= 4 is 10.1 Å². The molecule has 0 atom stereocenters. The van der Waals surface area contributed by atoms with Gasteiger partial charge in [0.15, 0.2) is 0 Å². The quantitative estimate of drug-likeness (QED) is 0.557. The minimum Gasteiger partial charge on any atom is -0.388 e. The van der Waals surface area contributed by atoms with Crippen LogP contribution in [0.15, 0.2) is 0 Å². The predicted octanol–water partition coefficient (Wildman–Crippen LogP) is 0.245. The Bertz CT molecular complexity index is 138. The Morgan fingerprint density at radius 2 is 1.60 bits per heavy atom. The molecule has 0 fully saturated rings. The molecule has 0 aliphatic carbocycles. The highest BCUT2D eigenvalue weighted by Gasteiger charge is 1.94. The highest BCUT2D eigenvalue weighted by atomic mass is 32.2. The van der Waals surface area contributed by atoms with Crippen molar-refractivity contribution in [2.24, 2.45) is 0 Å². The molecule has 64 valence electrons. The maximum Gasteiger partial charge on any atom is 0.264 e. The van der Waals surface area contributed by atoms with Gasteiger partial charge in [0.05, 0.1) is 12.9 Å². The van der Waals surface area contributed by atoms with E-state index in [1.165, 1.54) is 0 Å². The lowest BCUT2D eigenvalue weighted by atomic mass is 10.9. The molecule has 0 amide bonds. The van der Waals surface area contributed by atoms with Gasteiger partial charge < -0.3 is 4.74 Å². The van der Waals surface area contributed by atoms with E-state index in [1.807, 2.05) is 0 Å². The van der Waals surface area contributed by atoms with E-state index < -0.39 is 10.1 Å². The second-order valence-electron chi connectivity index (χ2n) is 1.52. The maximum absolute atomic E-state index is 10.0. The van der Waals surface area contributed by atoms with Gasteiger partial charge in [-0.3, -0.25) is 4.18 Å². The van der Waals surface area contributed by atoms with Crippen LogP contribution in [0.25, 0.3) is 0 Å². The molecule has 0 aromatic carbocycles. The molecular formula is C5H14O4S. The summed E-state index contributed by atoms with van der Waals surface area (Å²) in [7, 11) is 0.0758. The first-order valence-electron chi connectivity index (χ1n) is 2.72. The van der Waals surface area contributed by atoms with Crippen molar-refractivity contribution in [2.45, 2.75) is 6.92 Å². The molecule has 0 aliphatic rings. The molecule has 0 saturated heterocycles. The van der Waals surface area contributed by atoms with Gasteiger partial charge in [-0.25, -0.2) is 0 Å². The third-order valence-electron chi connectivity index (χ3n) is 0.332. The summed E-state index contributed by atoms with van der Waals surface area (Å²) in [6.45, 7) is 1.85. The van der Waals surface area contributed by atoms with Gasteiger partial charge in [-0.05, 0) is 6.92 Å². The smallest absolute Gasteiger partial charge is 0.264 e. The lowest BCUT2D eigenvalue weighted by Crippen LogP contribution is -2.00. The van der Waals surface area contributed by atoms with Gasteiger partial charge in [0.25, 0.3) is 10.1 Å². The van der Waals surface area contributed by atoms with Crippen LogP contribution in [0.4, 0.5) is 0 Å². The van der Waals surface area contributed by atoms with Crippen molar-refractivity contribution in [2.75, 3.05) is 27.1 Å². The summed E-state index contributed by atoms with van der Waals surface area (Å²) in [6.07, 6.45) is 1.02. The molecule has 10 heavy (non-hydrogen) atoms. The third kappa shape index (κ3) is 24.8. The lowest BCUT2D eigenvalue weighted by molar-refractivity contribution is 0.277. The van der Waals surface area contributed by atoms with Crippen LogP contribution >= 0.6 is 0 Å². The number of hydrogen-bond donors (Lipinski definition) is 0. The Morgan fingerprint density at radius 1 is 1.30 bits per heavy atom. The van der Waals surface area contributed by atoms with Gasteiger partial charge in [-0.15, -0.1) is 0 Å². The van der Waals surface area contributed by atoms with Crippen LogP contribution in [0, 0.1) is 0 Å². The standard InChI is InChI=1S/C3H8O3S.C2H6O/c1-3-6-7(2,4)5;1-3-2/h3H2,1-2H3;1-2H3. The number of hydrogen-bond acceptors (Lipinski definition) is 4. The average molecular weight is 170 g/mol. The second-order valence-corrected chi connectivity index (χ2v) is 3.16. The van der Waals surface area contributed by atoms with E-state index in [4.69, 9.17) is 0 Å². The Morgan fingerprint density at radius 3 is 1.60 bits per heavy atom. The minimum absolute atomic E-state index is 0.221. The Labute approximate surface area is 62.3 Å². The maximum atomic E-state index is 10.0. The Kier molecular flexibility index (Phi) is 8.75. The van der Waals surface area contributed by atoms with Crippen molar-refractivity contribution < 1.29 is 17.3 Å². The molecule has 0 N–H and O–H groups in total. The summed E-state index contributed by atoms with van der Waals surface area (Å²) in [5.41, 5.74) is 0. The first-order chi connectivity index (χ1) is 4.47. The van der Waals surface area contributed by atoms with Crippen molar-refractivity contribution in [3.63, 3.8) is 0 Å². The van der Waals surface area contributed by atoms with Crippen molar-refractivity contribution in [3.05, 3.63) is 0 Å². The molecule has 0 aliphatic heterocycles. The Balaban J connectivity index is 0. The van der Waals surface area contributed by atoms with Gasteiger partial charge in [0.1, 0.15) is 0 Å². The molecule has 0 aromatic heterocycles. The topological polar surface area (TPSA) is 52.6 Å². The fourth-order valence-electron chi connectivity index (χ4n) is 0.214. The van der Waals surface area contributed by atoms with E-state index >= 15 is 0 Å². The van der Waals surface area contributed by atoms with Crippen LogP contribution in [-0.2, 0) is 19.0 Å². The van der Waals surface area contributed by atoms with Crippen LogP contribution < -0.4 is 0 Å². The molecule has 0 rings (SSSR count). The van der Waals surface area contributed by atoms with E-state index in [-0.39, 0.29) is 6.61 Å². The summed E-state index contributed by atoms with van der Waals surface area (Å²) in [6, 6.07) is 0. The van der Waals surface area contributed by atoms with E-state index in [9.17, 15) is 8.42 Å². The molecule has 0 bridgehead atoms. The Hall–Kier alpha value is -0.130. The highest BCUT2D eigenvalue weighted by Crippen LogP contribution is 1.81. The summed E-state index contributed by atoms with van der Waals surface area (Å²) in [5.74, 6) is 0. The number of methoxy groups -OCH3 is 1. The van der Waals surface area contributed by atoms with Crippen molar-refractivity contribution in [1.82, 2.24) is 0 Å². The first kappa shape index (κ1) is 12.5. The normalized spacial score (nSPS) is 10.0. The largest absolute Gasteiger partial charge is 0.388 e. The SMILES string of the molecule is CCOS(C)(=O)=O.COC. The van der Waals surface area contributed by atoms with Crippen LogP contribution in [0.2, 0.25) is 0 Å². The summed E-state index contributed by atoms with van der Waals surface area (Å²) >= 11 is 0. The van der Waals surface area contributed by atoms with E-state index in [0.29, 0.717) is 0 Å². The highest BCUT2D eigenvalue weighted by molar-refractivity contribution is 7.85. The number of ether oxygens (including phenoxy) is 1. The molecule has 0 spiro atoms. The van der Waals surface area contributed by atoms with Crippen LogP contribution in [0.1, 0.15) is 6.92 Å². The zero-order chi connectivity index (χ0) is 8.62. The van der Waals surface area contributed by atoms with Crippen molar-refractivity contribution in [1.29, 1.82) is 0 Å². The van der Waals surface area contributed by atoms with Crippen LogP contribution in [0.5, 0.6) is 0 Å². The van der Waals surface area contributed by atoms with Gasteiger partial charge in [0, 0.05) is 14.2 Å². The fourth-order valence-corrected chi connectivity index (χ4v) is 0.642. The predicted molar refractivity (Wildman–Crippen MR) is 39.4 cm³/mol. The van der Waals surface area contributed by atoms with E-state index in [0.717, 1.165) is 6.26 Å². The summed E-state index contributed by atoms with van der Waals surface area (Å²) < 4.78 is 28.5. The lowest BCUT2D eigenvalue weighted by Gasteiger charge is -1.90. The molecule has 0 unspecified atom stereocenters. The molecule has 0 radical (unpaired) electrons. The van der Waals surface area contributed by atoms with Gasteiger partial charge in [-0.2, -0.15) is 8.42 Å². The first-order valence-corrected chi connectivity index (χ1v) is 4.54. The zero-order valence-corrected chi connectivity index (χ0v) is 7.56. The third-order valence-corrected chi connectivity index (χ3v) is 0.996. The molecule has 0 aromatic rings. The van der Waals surface area contributed by atoms with Gasteiger partial charge in [-0.1, -0.05) is 0 Å². The number of rotatable bonds is 2. The summed E-state index contributed by atoms with van der Waals surface area (Å²) in [5, 5.41) is 0. The minimum atomic E-state index is -3.17. The zero-order valence-electron chi connectivity index (χ0n) is 6.75. The molecule has 4 nitrogen and oxygen atoms in total.